The van der Waals surface area contributed by atoms with Crippen LogP contribution in [-0.4, -0.2) is 48.4 Å². The van der Waals surface area contributed by atoms with Gasteiger partial charge in [-0.3, -0.25) is 14.4 Å². The van der Waals surface area contributed by atoms with Crippen molar-refractivity contribution in [1.29, 1.82) is 0 Å². The summed E-state index contributed by atoms with van der Waals surface area (Å²) in [5.74, 6) is -5.88. The fraction of sp³-hybridized carbons (Fsp3) is 0.750. The first-order valence-electron chi connectivity index (χ1n) is 5.96. The number of methoxy groups -OCH3 is 2. The predicted molar refractivity (Wildman–Crippen MR) is 62.4 cm³/mol. The SMILES string of the molecule is COC(CC1C(=O)CCC1C(C(=O)O)C(=O)O)OC. The Morgan fingerprint density at radius 3 is 2.21 bits per heavy atom. The van der Waals surface area contributed by atoms with Crippen LogP contribution >= 0.6 is 0 Å². The van der Waals surface area contributed by atoms with E-state index in [2.05, 4.69) is 0 Å². The first-order valence-corrected chi connectivity index (χ1v) is 5.96. The fourth-order valence-corrected chi connectivity index (χ4v) is 2.61. The summed E-state index contributed by atoms with van der Waals surface area (Å²) in [4.78, 5) is 33.9. The highest BCUT2D eigenvalue weighted by atomic mass is 16.7. The molecule has 7 nitrogen and oxygen atoms in total. The van der Waals surface area contributed by atoms with Crippen LogP contribution in [0.1, 0.15) is 19.3 Å². The van der Waals surface area contributed by atoms with Crippen LogP contribution in [-0.2, 0) is 23.9 Å². The van der Waals surface area contributed by atoms with Gasteiger partial charge in [-0.05, 0) is 12.3 Å². The number of Topliss-reactive ketones (excluding diaryl/α,β-unsaturated/α-hetero) is 1. The number of carboxylic acids is 2. The zero-order valence-electron chi connectivity index (χ0n) is 10.9. The molecular formula is C12H18O7. The van der Waals surface area contributed by atoms with E-state index in [4.69, 9.17) is 19.7 Å². The minimum atomic E-state index is -1.56. The van der Waals surface area contributed by atoms with Crippen LogP contribution in [0.5, 0.6) is 0 Å². The van der Waals surface area contributed by atoms with E-state index in [0.717, 1.165) is 0 Å². The minimum absolute atomic E-state index is 0.128. The lowest BCUT2D eigenvalue weighted by Crippen LogP contribution is -2.36. The molecule has 1 saturated carbocycles. The van der Waals surface area contributed by atoms with Crippen molar-refractivity contribution in [1.82, 2.24) is 0 Å². The van der Waals surface area contributed by atoms with E-state index >= 15 is 0 Å². The second kappa shape index (κ2) is 6.63. The molecule has 1 aliphatic carbocycles. The van der Waals surface area contributed by atoms with Crippen LogP contribution in [0.25, 0.3) is 0 Å². The molecule has 0 heterocycles. The van der Waals surface area contributed by atoms with Crippen LogP contribution in [0.3, 0.4) is 0 Å². The molecule has 2 atom stereocenters. The number of hydrogen-bond donors (Lipinski definition) is 2. The first kappa shape index (κ1) is 15.6. The minimum Gasteiger partial charge on any atom is -0.481 e. The van der Waals surface area contributed by atoms with Crippen molar-refractivity contribution in [2.75, 3.05) is 14.2 Å². The van der Waals surface area contributed by atoms with Crippen molar-refractivity contribution in [3.8, 4) is 0 Å². The molecule has 0 aliphatic heterocycles. The molecule has 1 rings (SSSR count). The molecule has 0 aromatic heterocycles. The average Bonchev–Trinajstić information content (AvgIpc) is 2.67. The Morgan fingerprint density at radius 1 is 1.26 bits per heavy atom. The number of rotatable bonds is 7. The van der Waals surface area contributed by atoms with Crippen molar-refractivity contribution in [3.05, 3.63) is 0 Å². The first-order chi connectivity index (χ1) is 8.92. The maximum atomic E-state index is 11.8. The standard InChI is InChI=1S/C12H18O7/c1-18-9(19-2)5-7-6(3-4-8(7)13)10(11(14)15)12(16)17/h6-7,9-10H,3-5H2,1-2H3,(H,14,15)(H,16,17). The smallest absolute Gasteiger partial charge is 0.318 e. The van der Waals surface area contributed by atoms with Crippen molar-refractivity contribution < 1.29 is 34.1 Å². The second-order valence-electron chi connectivity index (χ2n) is 4.57. The molecule has 0 radical (unpaired) electrons. The molecule has 108 valence electrons. The largest absolute Gasteiger partial charge is 0.481 e. The summed E-state index contributed by atoms with van der Waals surface area (Å²) in [7, 11) is 2.82. The Hall–Kier alpha value is -1.47. The van der Waals surface area contributed by atoms with Crippen molar-refractivity contribution in [2.45, 2.75) is 25.6 Å². The third kappa shape index (κ3) is 3.51. The van der Waals surface area contributed by atoms with E-state index in [1.54, 1.807) is 0 Å². The van der Waals surface area contributed by atoms with Gasteiger partial charge in [-0.15, -0.1) is 0 Å². The monoisotopic (exact) mass is 274 g/mol. The van der Waals surface area contributed by atoms with E-state index in [-0.39, 0.29) is 25.0 Å². The van der Waals surface area contributed by atoms with E-state index in [1.165, 1.54) is 14.2 Å². The van der Waals surface area contributed by atoms with Crippen LogP contribution in [0.4, 0.5) is 0 Å². The van der Waals surface area contributed by atoms with Gasteiger partial charge in [0, 0.05) is 33.0 Å². The van der Waals surface area contributed by atoms with Gasteiger partial charge in [0.15, 0.2) is 12.2 Å². The van der Waals surface area contributed by atoms with Crippen LogP contribution in [0.2, 0.25) is 0 Å². The number of aliphatic carboxylic acids is 2. The van der Waals surface area contributed by atoms with Crippen LogP contribution < -0.4 is 0 Å². The summed E-state index contributed by atoms with van der Waals surface area (Å²) in [5, 5.41) is 18.0. The van der Waals surface area contributed by atoms with Crippen molar-refractivity contribution >= 4 is 17.7 Å². The normalized spacial score (nSPS) is 23.3. The second-order valence-corrected chi connectivity index (χ2v) is 4.57. The number of carboxylic acid groups (broad SMARTS) is 2. The highest BCUT2D eigenvalue weighted by molar-refractivity contribution is 5.95. The molecule has 1 fully saturated rings. The lowest BCUT2D eigenvalue weighted by molar-refractivity contribution is -0.160. The molecule has 0 saturated heterocycles. The van der Waals surface area contributed by atoms with Crippen LogP contribution in [0.15, 0.2) is 0 Å². The summed E-state index contributed by atoms with van der Waals surface area (Å²) >= 11 is 0. The number of hydrogen-bond acceptors (Lipinski definition) is 5. The number of ether oxygens (including phenoxy) is 2. The average molecular weight is 274 g/mol. The van der Waals surface area contributed by atoms with E-state index in [9.17, 15) is 14.4 Å². The summed E-state index contributed by atoms with van der Waals surface area (Å²) in [6, 6.07) is 0. The zero-order valence-corrected chi connectivity index (χ0v) is 10.9. The maximum absolute atomic E-state index is 11.8. The molecule has 2 unspecified atom stereocenters. The van der Waals surface area contributed by atoms with E-state index in [1.807, 2.05) is 0 Å². The molecule has 19 heavy (non-hydrogen) atoms. The molecule has 0 bridgehead atoms. The number of ketones is 1. The Labute approximate surface area is 110 Å². The lowest BCUT2D eigenvalue weighted by atomic mass is 9.81. The summed E-state index contributed by atoms with van der Waals surface area (Å²) < 4.78 is 9.98. The molecule has 0 aromatic carbocycles. The summed E-state index contributed by atoms with van der Waals surface area (Å²) in [6.45, 7) is 0. The molecule has 0 amide bonds. The maximum Gasteiger partial charge on any atom is 0.318 e. The Morgan fingerprint density at radius 2 is 1.79 bits per heavy atom. The molecule has 0 aromatic rings. The summed E-state index contributed by atoms with van der Waals surface area (Å²) in [6.07, 6.45) is 0.00491. The number of carbonyl (C=O) groups is 3. The van der Waals surface area contributed by atoms with Crippen molar-refractivity contribution in [3.63, 3.8) is 0 Å². The Balaban J connectivity index is 2.89. The highest BCUT2D eigenvalue weighted by Gasteiger charge is 2.46. The summed E-state index contributed by atoms with van der Waals surface area (Å²) in [5.41, 5.74) is 0. The van der Waals surface area contributed by atoms with Gasteiger partial charge in [0.2, 0.25) is 0 Å². The van der Waals surface area contributed by atoms with Gasteiger partial charge in [0.25, 0.3) is 0 Å². The molecule has 0 spiro atoms. The molecule has 1 aliphatic rings. The molecule has 2 N–H and O–H groups in total. The van der Waals surface area contributed by atoms with Crippen molar-refractivity contribution in [2.24, 2.45) is 17.8 Å². The third-order valence-corrected chi connectivity index (χ3v) is 3.59. The van der Waals surface area contributed by atoms with Gasteiger partial charge >= 0.3 is 11.9 Å². The predicted octanol–water partition coefficient (Wildman–Crippen LogP) is 0.376. The quantitative estimate of drug-likeness (QED) is 0.510. The van der Waals surface area contributed by atoms with Gasteiger partial charge in [-0.2, -0.15) is 0 Å². The third-order valence-electron chi connectivity index (χ3n) is 3.59. The van der Waals surface area contributed by atoms with Gasteiger partial charge < -0.3 is 19.7 Å². The fourth-order valence-electron chi connectivity index (χ4n) is 2.61. The highest BCUT2D eigenvalue weighted by Crippen LogP contribution is 2.38. The van der Waals surface area contributed by atoms with Gasteiger partial charge in [-0.1, -0.05) is 0 Å². The lowest BCUT2D eigenvalue weighted by Gasteiger charge is -2.24. The molecular weight excluding hydrogens is 256 g/mol. The topological polar surface area (TPSA) is 110 Å². The number of carbonyl (C=O) groups excluding carboxylic acids is 1. The van der Waals surface area contributed by atoms with E-state index in [0.29, 0.717) is 0 Å². The van der Waals surface area contributed by atoms with E-state index < -0.39 is 36.0 Å². The van der Waals surface area contributed by atoms with Crippen LogP contribution in [0, 0.1) is 17.8 Å². The Bertz CT molecular complexity index is 347. The Kier molecular flexibility index (Phi) is 5.44. The van der Waals surface area contributed by atoms with Gasteiger partial charge in [-0.25, -0.2) is 0 Å². The van der Waals surface area contributed by atoms with Gasteiger partial charge in [0.05, 0.1) is 0 Å². The zero-order chi connectivity index (χ0) is 14.6. The molecule has 7 heteroatoms. The van der Waals surface area contributed by atoms with Gasteiger partial charge in [0.1, 0.15) is 5.78 Å².